The summed E-state index contributed by atoms with van der Waals surface area (Å²) in [6, 6.07) is 18.4. The first-order valence-electron chi connectivity index (χ1n) is 11.3. The molecule has 0 radical (unpaired) electrons. The number of anilines is 1. The molecular formula is C27H18ClN3O5. The molecule has 3 aliphatic heterocycles. The van der Waals surface area contributed by atoms with Crippen LogP contribution in [0, 0.1) is 22.0 Å². The number of carbonyl (C=O) groups is 3. The maximum atomic E-state index is 13.9. The van der Waals surface area contributed by atoms with E-state index < -0.39 is 40.7 Å². The first kappa shape index (κ1) is 22.2. The van der Waals surface area contributed by atoms with E-state index in [4.69, 9.17) is 11.6 Å². The maximum absolute atomic E-state index is 13.9. The topological polar surface area (TPSA) is 101 Å². The van der Waals surface area contributed by atoms with Crippen LogP contribution in [0.4, 0.5) is 11.4 Å². The van der Waals surface area contributed by atoms with Crippen LogP contribution in [-0.4, -0.2) is 33.5 Å². The number of halogens is 1. The maximum Gasteiger partial charge on any atom is 0.271 e. The molecule has 6 rings (SSSR count). The van der Waals surface area contributed by atoms with E-state index in [1.165, 1.54) is 12.1 Å². The molecular weight excluding hydrogens is 482 g/mol. The van der Waals surface area contributed by atoms with Crippen molar-refractivity contribution < 1.29 is 19.3 Å². The van der Waals surface area contributed by atoms with Gasteiger partial charge in [0.15, 0.2) is 5.78 Å². The molecule has 0 saturated carbocycles. The summed E-state index contributed by atoms with van der Waals surface area (Å²) in [4.78, 5) is 55.1. The van der Waals surface area contributed by atoms with Crippen LogP contribution in [0.15, 0.2) is 79.0 Å². The third kappa shape index (κ3) is 3.11. The number of imide groups is 1. The molecule has 2 amide bonds. The number of fused-ring (bicyclic) bond motifs is 5. The summed E-state index contributed by atoms with van der Waals surface area (Å²) in [7, 11) is 0. The minimum absolute atomic E-state index is 0.0361. The van der Waals surface area contributed by atoms with Gasteiger partial charge in [0.2, 0.25) is 11.8 Å². The number of nitro groups is 1. The fraction of sp³-hybridized carbons (Fsp3) is 0.148. The molecule has 3 aromatic carbocycles. The number of carbonyl (C=O) groups excluding carboxylic acids is 3. The SMILES string of the molecule is O=C(c1ccccc1)[C@@H]1[C@H]2C(=O)N(c3cc([N+](=O)[O-])ccc3Cl)C(=O)[C@@H]2[C@H]2c3ccccc3C=CN12. The van der Waals surface area contributed by atoms with Crippen molar-refractivity contribution in [2.24, 2.45) is 11.8 Å². The van der Waals surface area contributed by atoms with Gasteiger partial charge in [0.25, 0.3) is 5.69 Å². The van der Waals surface area contributed by atoms with E-state index >= 15 is 0 Å². The number of rotatable bonds is 4. The van der Waals surface area contributed by atoms with Gasteiger partial charge in [0, 0.05) is 23.9 Å². The quantitative estimate of drug-likeness (QED) is 0.224. The van der Waals surface area contributed by atoms with Gasteiger partial charge in [-0.3, -0.25) is 24.5 Å². The van der Waals surface area contributed by atoms with E-state index in [0.717, 1.165) is 22.1 Å². The van der Waals surface area contributed by atoms with E-state index in [1.54, 1.807) is 36.5 Å². The van der Waals surface area contributed by atoms with Crippen LogP contribution in [0.25, 0.3) is 6.08 Å². The minimum Gasteiger partial charge on any atom is -0.358 e. The number of nitrogens with zero attached hydrogens (tertiary/aromatic N) is 3. The largest absolute Gasteiger partial charge is 0.358 e. The average Bonchev–Trinajstić information content (AvgIpc) is 3.37. The molecule has 0 aliphatic carbocycles. The van der Waals surface area contributed by atoms with Gasteiger partial charge in [0.05, 0.1) is 33.5 Å². The lowest BCUT2D eigenvalue weighted by Gasteiger charge is -2.35. The second-order valence-corrected chi connectivity index (χ2v) is 9.38. The van der Waals surface area contributed by atoms with E-state index in [1.807, 2.05) is 35.2 Å². The zero-order valence-corrected chi connectivity index (χ0v) is 19.4. The van der Waals surface area contributed by atoms with Crippen LogP contribution in [0.1, 0.15) is 27.5 Å². The summed E-state index contributed by atoms with van der Waals surface area (Å²) >= 11 is 6.32. The number of nitro benzene ring substituents is 1. The van der Waals surface area contributed by atoms with Gasteiger partial charge in [-0.05, 0) is 23.3 Å². The smallest absolute Gasteiger partial charge is 0.271 e. The van der Waals surface area contributed by atoms with Gasteiger partial charge in [-0.25, -0.2) is 4.90 Å². The van der Waals surface area contributed by atoms with Gasteiger partial charge < -0.3 is 4.90 Å². The van der Waals surface area contributed by atoms with Crippen molar-refractivity contribution in [1.29, 1.82) is 0 Å². The fourth-order valence-corrected chi connectivity index (χ4v) is 5.86. The fourth-order valence-electron chi connectivity index (χ4n) is 5.65. The lowest BCUT2D eigenvalue weighted by molar-refractivity contribution is -0.384. The Balaban J connectivity index is 1.51. The van der Waals surface area contributed by atoms with Crippen LogP contribution >= 0.6 is 11.6 Å². The highest BCUT2D eigenvalue weighted by molar-refractivity contribution is 6.36. The molecule has 0 N–H and O–H groups in total. The molecule has 2 fully saturated rings. The Hall–Kier alpha value is -4.30. The third-order valence-electron chi connectivity index (χ3n) is 7.17. The van der Waals surface area contributed by atoms with Crippen LogP contribution in [0.2, 0.25) is 5.02 Å². The highest BCUT2D eigenvalue weighted by Crippen LogP contribution is 2.54. The number of benzene rings is 3. The van der Waals surface area contributed by atoms with Crippen molar-refractivity contribution in [2.45, 2.75) is 12.1 Å². The summed E-state index contributed by atoms with van der Waals surface area (Å²) in [5, 5.41) is 11.4. The normalized spacial score (nSPS) is 23.9. The number of hydrogen-bond acceptors (Lipinski definition) is 6. The Labute approximate surface area is 210 Å². The van der Waals surface area contributed by atoms with E-state index in [9.17, 15) is 24.5 Å². The molecule has 178 valence electrons. The lowest BCUT2D eigenvalue weighted by Crippen LogP contribution is -2.44. The Morgan fingerprint density at radius 1 is 0.917 bits per heavy atom. The molecule has 0 bridgehead atoms. The Morgan fingerprint density at radius 3 is 2.36 bits per heavy atom. The van der Waals surface area contributed by atoms with Gasteiger partial charge in [0.1, 0.15) is 6.04 Å². The highest BCUT2D eigenvalue weighted by atomic mass is 35.5. The molecule has 0 aromatic heterocycles. The summed E-state index contributed by atoms with van der Waals surface area (Å²) in [5.74, 6) is -3.25. The standard InChI is InChI=1S/C27H18ClN3O5/c28-19-11-10-17(31(35)36)14-20(19)30-26(33)21-22(27(30)34)24(25(32)16-7-2-1-3-8-16)29-13-12-15-6-4-5-9-18(15)23(21)29/h1-14,21-24H/t21-,22-,23+,24-/m0/s1. The lowest BCUT2D eigenvalue weighted by atomic mass is 9.83. The molecule has 3 aromatic rings. The molecule has 2 saturated heterocycles. The molecule has 3 aliphatic rings. The Bertz CT molecular complexity index is 1490. The van der Waals surface area contributed by atoms with Crippen molar-refractivity contribution in [3.05, 3.63) is 111 Å². The minimum atomic E-state index is -0.985. The predicted molar refractivity (Wildman–Crippen MR) is 132 cm³/mol. The molecule has 3 heterocycles. The van der Waals surface area contributed by atoms with Crippen molar-refractivity contribution in [3.63, 3.8) is 0 Å². The summed E-state index contributed by atoms with van der Waals surface area (Å²) in [5.41, 5.74) is 1.83. The molecule has 0 spiro atoms. The van der Waals surface area contributed by atoms with Crippen molar-refractivity contribution in [1.82, 2.24) is 4.90 Å². The summed E-state index contributed by atoms with van der Waals surface area (Å²) in [6.07, 6.45) is 3.66. The predicted octanol–water partition coefficient (Wildman–Crippen LogP) is 4.65. The van der Waals surface area contributed by atoms with E-state index in [2.05, 4.69) is 0 Å². The van der Waals surface area contributed by atoms with Crippen molar-refractivity contribution in [2.75, 3.05) is 4.90 Å². The van der Waals surface area contributed by atoms with Crippen LogP contribution in [0.3, 0.4) is 0 Å². The first-order chi connectivity index (χ1) is 17.4. The molecule has 8 nitrogen and oxygen atoms in total. The molecule has 9 heteroatoms. The van der Waals surface area contributed by atoms with Crippen molar-refractivity contribution >= 4 is 46.6 Å². The first-order valence-corrected chi connectivity index (χ1v) is 11.7. The van der Waals surface area contributed by atoms with Gasteiger partial charge in [-0.2, -0.15) is 0 Å². The summed E-state index contributed by atoms with van der Waals surface area (Å²) < 4.78 is 0. The van der Waals surface area contributed by atoms with Crippen molar-refractivity contribution in [3.8, 4) is 0 Å². The monoisotopic (exact) mass is 499 g/mol. The zero-order valence-electron chi connectivity index (χ0n) is 18.7. The van der Waals surface area contributed by atoms with Gasteiger partial charge in [-0.15, -0.1) is 0 Å². The molecule has 36 heavy (non-hydrogen) atoms. The highest BCUT2D eigenvalue weighted by Gasteiger charge is 2.64. The summed E-state index contributed by atoms with van der Waals surface area (Å²) in [6.45, 7) is 0. The van der Waals surface area contributed by atoms with E-state index in [-0.39, 0.29) is 22.2 Å². The zero-order chi connectivity index (χ0) is 25.1. The number of hydrogen-bond donors (Lipinski definition) is 0. The van der Waals surface area contributed by atoms with Crippen LogP contribution in [-0.2, 0) is 9.59 Å². The number of amides is 2. The third-order valence-corrected chi connectivity index (χ3v) is 7.49. The second-order valence-electron chi connectivity index (χ2n) is 8.97. The second kappa shape index (κ2) is 8.13. The number of non-ortho nitro benzene ring substituents is 1. The van der Waals surface area contributed by atoms with Gasteiger partial charge in [-0.1, -0.05) is 66.2 Å². The number of ketones is 1. The van der Waals surface area contributed by atoms with E-state index in [0.29, 0.717) is 5.56 Å². The van der Waals surface area contributed by atoms with Crippen LogP contribution in [0.5, 0.6) is 0 Å². The average molecular weight is 500 g/mol. The van der Waals surface area contributed by atoms with Gasteiger partial charge >= 0.3 is 0 Å². The Kier molecular flexibility index (Phi) is 5.01. The Morgan fingerprint density at radius 2 is 1.61 bits per heavy atom. The molecule has 4 atom stereocenters. The van der Waals surface area contributed by atoms with Crippen LogP contribution < -0.4 is 4.90 Å². The number of Topliss-reactive ketones (excluding diaryl/α,β-unsaturated/α-hetero) is 1. The molecule has 0 unspecified atom stereocenters.